The van der Waals surface area contributed by atoms with Crippen molar-refractivity contribution in [1.82, 2.24) is 0 Å². The molecule has 0 bridgehead atoms. The van der Waals surface area contributed by atoms with Crippen LogP contribution in [0.25, 0.3) is 11.1 Å². The van der Waals surface area contributed by atoms with Crippen molar-refractivity contribution >= 4 is 0 Å². The van der Waals surface area contributed by atoms with Crippen LogP contribution in [0.3, 0.4) is 0 Å². The quantitative estimate of drug-likeness (QED) is 0.470. The van der Waals surface area contributed by atoms with Crippen molar-refractivity contribution in [3.05, 3.63) is 59.7 Å². The third-order valence-electron chi connectivity index (χ3n) is 4.52. The third kappa shape index (κ3) is 5.13. The SMILES string of the molecule is CCOC(OCC)(OCC)C(C)c1ccc(-c2ccc(C(F)(F)F)cc2)cc1. The Morgan fingerprint density at radius 2 is 1.11 bits per heavy atom. The Labute approximate surface area is 164 Å². The van der Waals surface area contributed by atoms with E-state index in [0.29, 0.717) is 19.8 Å². The number of halogens is 3. The van der Waals surface area contributed by atoms with Gasteiger partial charge in [-0.15, -0.1) is 0 Å². The Morgan fingerprint density at radius 1 is 0.714 bits per heavy atom. The zero-order valence-corrected chi connectivity index (χ0v) is 16.7. The summed E-state index contributed by atoms with van der Waals surface area (Å²) in [5.41, 5.74) is 1.85. The summed E-state index contributed by atoms with van der Waals surface area (Å²) in [7, 11) is 0. The largest absolute Gasteiger partial charge is 0.416 e. The molecule has 0 aromatic heterocycles. The molecule has 0 amide bonds. The molecule has 0 saturated heterocycles. The number of benzene rings is 2. The van der Waals surface area contributed by atoms with Crippen molar-refractivity contribution in [1.29, 1.82) is 0 Å². The van der Waals surface area contributed by atoms with E-state index in [2.05, 4.69) is 0 Å². The van der Waals surface area contributed by atoms with Crippen molar-refractivity contribution in [2.75, 3.05) is 19.8 Å². The van der Waals surface area contributed by atoms with Gasteiger partial charge >= 0.3 is 6.18 Å². The molecule has 0 N–H and O–H groups in total. The highest BCUT2D eigenvalue weighted by Crippen LogP contribution is 2.35. The Hall–Kier alpha value is -1.89. The van der Waals surface area contributed by atoms with Gasteiger partial charge in [-0.2, -0.15) is 13.2 Å². The average molecular weight is 396 g/mol. The Morgan fingerprint density at radius 3 is 1.46 bits per heavy atom. The minimum Gasteiger partial charge on any atom is -0.327 e. The molecule has 1 unspecified atom stereocenters. The molecule has 0 fully saturated rings. The Balaban J connectivity index is 2.26. The number of alkyl halides is 3. The van der Waals surface area contributed by atoms with Gasteiger partial charge in [-0.1, -0.05) is 43.3 Å². The second-order valence-electron chi connectivity index (χ2n) is 6.32. The molecular formula is C22H27F3O3. The maximum atomic E-state index is 12.7. The van der Waals surface area contributed by atoms with E-state index < -0.39 is 17.7 Å². The van der Waals surface area contributed by atoms with Crippen LogP contribution in [0, 0.1) is 0 Å². The molecule has 2 rings (SSSR count). The maximum absolute atomic E-state index is 12.7. The number of hydrogen-bond acceptors (Lipinski definition) is 3. The number of ether oxygens (including phenoxy) is 3. The minimum absolute atomic E-state index is 0.200. The lowest BCUT2D eigenvalue weighted by Crippen LogP contribution is -2.44. The predicted octanol–water partition coefficient (Wildman–Crippen LogP) is 6.24. The van der Waals surface area contributed by atoms with Gasteiger partial charge in [-0.3, -0.25) is 0 Å². The molecular weight excluding hydrogens is 369 g/mol. The lowest BCUT2D eigenvalue weighted by atomic mass is 9.95. The van der Waals surface area contributed by atoms with E-state index in [9.17, 15) is 13.2 Å². The van der Waals surface area contributed by atoms with Gasteiger partial charge in [0.2, 0.25) is 0 Å². The first kappa shape index (κ1) is 22.4. The van der Waals surface area contributed by atoms with Gasteiger partial charge in [0.25, 0.3) is 5.97 Å². The zero-order valence-electron chi connectivity index (χ0n) is 16.7. The van der Waals surface area contributed by atoms with Crippen LogP contribution in [-0.4, -0.2) is 25.8 Å². The van der Waals surface area contributed by atoms with Gasteiger partial charge in [-0.25, -0.2) is 0 Å². The first-order valence-corrected chi connectivity index (χ1v) is 9.46. The monoisotopic (exact) mass is 396 g/mol. The second-order valence-corrected chi connectivity index (χ2v) is 6.32. The van der Waals surface area contributed by atoms with Crippen LogP contribution in [0.4, 0.5) is 13.2 Å². The molecule has 0 aliphatic heterocycles. The average Bonchev–Trinajstić information content (AvgIpc) is 2.67. The highest BCUT2D eigenvalue weighted by atomic mass is 19.4. The molecule has 0 saturated carbocycles. The number of rotatable bonds is 9. The van der Waals surface area contributed by atoms with E-state index in [4.69, 9.17) is 14.2 Å². The summed E-state index contributed by atoms with van der Waals surface area (Å²) in [6, 6.07) is 12.7. The topological polar surface area (TPSA) is 27.7 Å². The van der Waals surface area contributed by atoms with Crippen molar-refractivity contribution in [2.24, 2.45) is 0 Å². The lowest BCUT2D eigenvalue weighted by Gasteiger charge is -2.37. The third-order valence-corrected chi connectivity index (χ3v) is 4.52. The molecule has 6 heteroatoms. The van der Waals surface area contributed by atoms with Crippen LogP contribution in [0.15, 0.2) is 48.5 Å². The van der Waals surface area contributed by atoms with Gasteiger partial charge in [0.05, 0.1) is 11.5 Å². The molecule has 0 radical (unpaired) electrons. The van der Waals surface area contributed by atoms with Crippen LogP contribution in [0.2, 0.25) is 0 Å². The fourth-order valence-electron chi connectivity index (χ4n) is 3.12. The first-order chi connectivity index (χ1) is 13.3. The number of hydrogen-bond donors (Lipinski definition) is 0. The molecule has 0 heterocycles. The van der Waals surface area contributed by atoms with Crippen molar-refractivity contribution < 1.29 is 27.4 Å². The molecule has 2 aromatic carbocycles. The van der Waals surface area contributed by atoms with Gasteiger partial charge in [0, 0.05) is 19.8 Å². The maximum Gasteiger partial charge on any atom is 0.416 e. The van der Waals surface area contributed by atoms with Crippen LogP contribution < -0.4 is 0 Å². The molecule has 1 atom stereocenters. The van der Waals surface area contributed by atoms with Crippen molar-refractivity contribution in [2.45, 2.75) is 45.8 Å². The fraction of sp³-hybridized carbons (Fsp3) is 0.455. The molecule has 0 aliphatic carbocycles. The van der Waals surface area contributed by atoms with E-state index in [1.54, 1.807) is 0 Å². The second kappa shape index (κ2) is 9.54. The predicted molar refractivity (Wildman–Crippen MR) is 103 cm³/mol. The summed E-state index contributed by atoms with van der Waals surface area (Å²) in [6.07, 6.45) is -4.33. The van der Waals surface area contributed by atoms with Gasteiger partial charge in [0.15, 0.2) is 0 Å². The first-order valence-electron chi connectivity index (χ1n) is 9.46. The fourth-order valence-corrected chi connectivity index (χ4v) is 3.12. The van der Waals surface area contributed by atoms with Gasteiger partial charge in [-0.05, 0) is 49.6 Å². The molecule has 2 aromatic rings. The normalized spacial score (nSPS) is 13.5. The van der Waals surface area contributed by atoms with Crippen molar-refractivity contribution in [3.8, 4) is 11.1 Å². The standard InChI is InChI=1S/C22H27F3O3/c1-5-26-22(27-6-2,28-7-3)16(4)17-8-10-18(11-9-17)19-12-14-20(15-13-19)21(23,24)25/h8-16H,5-7H2,1-4H3. The van der Waals surface area contributed by atoms with Crippen LogP contribution in [0.5, 0.6) is 0 Å². The van der Waals surface area contributed by atoms with Gasteiger partial charge < -0.3 is 14.2 Å². The van der Waals surface area contributed by atoms with Crippen LogP contribution in [-0.2, 0) is 20.4 Å². The summed E-state index contributed by atoms with van der Waals surface area (Å²) < 4.78 is 55.7. The van der Waals surface area contributed by atoms with Crippen LogP contribution >= 0.6 is 0 Å². The highest BCUT2D eigenvalue weighted by molar-refractivity contribution is 5.64. The van der Waals surface area contributed by atoms with E-state index in [-0.39, 0.29) is 5.92 Å². The van der Waals surface area contributed by atoms with Crippen LogP contribution in [0.1, 0.15) is 44.7 Å². The van der Waals surface area contributed by atoms with Crippen molar-refractivity contribution in [3.63, 3.8) is 0 Å². The summed E-state index contributed by atoms with van der Waals surface area (Å²) in [6.45, 7) is 8.93. The lowest BCUT2D eigenvalue weighted by molar-refractivity contribution is -0.386. The summed E-state index contributed by atoms with van der Waals surface area (Å²) in [5.74, 6) is -1.37. The van der Waals surface area contributed by atoms with E-state index >= 15 is 0 Å². The minimum atomic E-state index is -4.33. The zero-order chi connectivity index (χ0) is 20.8. The molecule has 0 aliphatic rings. The molecule has 3 nitrogen and oxygen atoms in total. The molecule has 28 heavy (non-hydrogen) atoms. The summed E-state index contributed by atoms with van der Waals surface area (Å²) in [4.78, 5) is 0. The molecule has 0 spiro atoms. The van der Waals surface area contributed by atoms with Gasteiger partial charge in [0.1, 0.15) is 0 Å². The Kier molecular flexibility index (Phi) is 7.63. The summed E-state index contributed by atoms with van der Waals surface area (Å²) in [5, 5.41) is 0. The van der Waals surface area contributed by atoms with E-state index in [1.165, 1.54) is 12.1 Å². The van der Waals surface area contributed by atoms with E-state index in [1.807, 2.05) is 52.0 Å². The highest BCUT2D eigenvalue weighted by Gasteiger charge is 2.40. The molecule has 154 valence electrons. The Bertz CT molecular complexity index is 707. The van der Waals surface area contributed by atoms with E-state index in [0.717, 1.165) is 28.8 Å². The summed E-state index contributed by atoms with van der Waals surface area (Å²) >= 11 is 0. The smallest absolute Gasteiger partial charge is 0.327 e.